The molecule has 0 bridgehead atoms. The van der Waals surface area contributed by atoms with Crippen LogP contribution < -0.4 is 4.74 Å². The van der Waals surface area contributed by atoms with Crippen molar-refractivity contribution in [3.05, 3.63) is 59.9 Å². The average Bonchev–Trinajstić information content (AvgIpc) is 3.49. The SMILES string of the molecule is CN(Cc1nc2ccc(Oc3ccc(C4=CC=NC4)cc3)cc2[nH]1)[C@H]1CCOC1. The van der Waals surface area contributed by atoms with Gasteiger partial charge in [0.05, 0.1) is 30.7 Å². The number of H-pyrrole nitrogens is 1. The van der Waals surface area contributed by atoms with E-state index < -0.39 is 0 Å². The zero-order valence-electron chi connectivity index (χ0n) is 16.5. The summed E-state index contributed by atoms with van der Waals surface area (Å²) in [4.78, 5) is 14.7. The summed E-state index contributed by atoms with van der Waals surface area (Å²) in [6, 6.07) is 14.6. The van der Waals surface area contributed by atoms with Crippen LogP contribution in [0.4, 0.5) is 0 Å². The van der Waals surface area contributed by atoms with E-state index in [1.54, 1.807) is 0 Å². The Labute approximate surface area is 169 Å². The molecular weight excluding hydrogens is 364 g/mol. The van der Waals surface area contributed by atoms with Gasteiger partial charge in [-0.3, -0.25) is 9.89 Å². The second kappa shape index (κ2) is 7.81. The number of benzene rings is 2. The van der Waals surface area contributed by atoms with Crippen LogP contribution in [0, 0.1) is 0 Å². The van der Waals surface area contributed by atoms with Gasteiger partial charge in [-0.1, -0.05) is 12.1 Å². The smallest absolute Gasteiger partial charge is 0.129 e. The molecule has 1 saturated heterocycles. The molecule has 0 radical (unpaired) electrons. The maximum Gasteiger partial charge on any atom is 0.129 e. The van der Waals surface area contributed by atoms with E-state index in [1.807, 2.05) is 36.5 Å². The zero-order valence-corrected chi connectivity index (χ0v) is 16.5. The second-order valence-corrected chi connectivity index (χ2v) is 7.60. The molecule has 1 fully saturated rings. The van der Waals surface area contributed by atoms with Gasteiger partial charge in [0.2, 0.25) is 0 Å². The topological polar surface area (TPSA) is 62.7 Å². The van der Waals surface area contributed by atoms with E-state index in [-0.39, 0.29) is 0 Å². The molecule has 0 saturated carbocycles. The van der Waals surface area contributed by atoms with Gasteiger partial charge in [-0.05, 0) is 54.9 Å². The molecule has 3 heterocycles. The summed E-state index contributed by atoms with van der Waals surface area (Å²) >= 11 is 0. The predicted octanol–water partition coefficient (Wildman–Crippen LogP) is 4.04. The van der Waals surface area contributed by atoms with Gasteiger partial charge in [0, 0.05) is 24.9 Å². The number of ether oxygens (including phenoxy) is 2. The van der Waals surface area contributed by atoms with Crippen molar-refractivity contribution in [2.24, 2.45) is 4.99 Å². The van der Waals surface area contributed by atoms with Crippen LogP contribution >= 0.6 is 0 Å². The van der Waals surface area contributed by atoms with E-state index in [4.69, 9.17) is 14.5 Å². The summed E-state index contributed by atoms with van der Waals surface area (Å²) in [5.41, 5.74) is 4.35. The first kappa shape index (κ1) is 18.1. The molecule has 0 unspecified atom stereocenters. The normalized spacial score (nSPS) is 18.7. The van der Waals surface area contributed by atoms with Crippen LogP contribution in [0.25, 0.3) is 16.6 Å². The van der Waals surface area contributed by atoms with Crippen molar-refractivity contribution in [3.63, 3.8) is 0 Å². The Balaban J connectivity index is 1.28. The third-order valence-electron chi connectivity index (χ3n) is 5.53. The zero-order chi connectivity index (χ0) is 19.6. The lowest BCUT2D eigenvalue weighted by atomic mass is 10.1. The number of imidazole rings is 1. The van der Waals surface area contributed by atoms with Gasteiger partial charge in [-0.15, -0.1) is 0 Å². The van der Waals surface area contributed by atoms with Crippen LogP contribution in [0.5, 0.6) is 11.5 Å². The van der Waals surface area contributed by atoms with E-state index >= 15 is 0 Å². The Bertz CT molecular complexity index is 1060. The molecule has 1 aromatic heterocycles. The fourth-order valence-corrected chi connectivity index (χ4v) is 3.82. The molecule has 1 N–H and O–H groups in total. The van der Waals surface area contributed by atoms with E-state index in [2.05, 4.69) is 40.1 Å². The molecule has 1 atom stereocenters. The Morgan fingerprint density at radius 1 is 1.17 bits per heavy atom. The van der Waals surface area contributed by atoms with Crippen LogP contribution in [0.1, 0.15) is 17.8 Å². The highest BCUT2D eigenvalue weighted by Gasteiger charge is 2.21. The fourth-order valence-electron chi connectivity index (χ4n) is 3.82. The lowest BCUT2D eigenvalue weighted by Crippen LogP contribution is -2.31. The van der Waals surface area contributed by atoms with Crippen molar-refractivity contribution in [3.8, 4) is 11.5 Å². The van der Waals surface area contributed by atoms with Crippen molar-refractivity contribution in [2.75, 3.05) is 26.8 Å². The van der Waals surface area contributed by atoms with Crippen LogP contribution in [-0.4, -0.2) is 53.9 Å². The Morgan fingerprint density at radius 3 is 2.79 bits per heavy atom. The number of fused-ring (bicyclic) bond motifs is 1. The van der Waals surface area contributed by atoms with Gasteiger partial charge < -0.3 is 14.5 Å². The summed E-state index contributed by atoms with van der Waals surface area (Å²) in [7, 11) is 2.12. The van der Waals surface area contributed by atoms with E-state index in [0.717, 1.165) is 61.1 Å². The number of hydrogen-bond acceptors (Lipinski definition) is 5. The molecule has 29 heavy (non-hydrogen) atoms. The molecule has 2 aromatic carbocycles. The number of aromatic amines is 1. The minimum Gasteiger partial charge on any atom is -0.457 e. The van der Waals surface area contributed by atoms with Gasteiger partial charge in [0.25, 0.3) is 0 Å². The second-order valence-electron chi connectivity index (χ2n) is 7.60. The Hall–Kier alpha value is -2.96. The minimum absolute atomic E-state index is 0.469. The van der Waals surface area contributed by atoms with Gasteiger partial charge in [0.1, 0.15) is 17.3 Å². The molecule has 3 aromatic rings. The molecule has 2 aliphatic rings. The third kappa shape index (κ3) is 3.95. The standard InChI is InChI=1S/C23H24N4O2/c1-27(18-9-11-28-15-18)14-23-25-21-7-6-20(12-22(21)26-23)29-19-4-2-16(3-5-19)17-8-10-24-13-17/h2-8,10,12,18H,9,11,13-15H2,1H3,(H,25,26)/t18-/m0/s1. The molecule has 148 valence electrons. The molecule has 6 nitrogen and oxygen atoms in total. The van der Waals surface area contributed by atoms with Crippen molar-refractivity contribution in [1.82, 2.24) is 14.9 Å². The molecule has 2 aliphatic heterocycles. The number of rotatable bonds is 6. The largest absolute Gasteiger partial charge is 0.457 e. The number of nitrogens with one attached hydrogen (secondary N) is 1. The molecular formula is C23H24N4O2. The summed E-state index contributed by atoms with van der Waals surface area (Å²) in [5, 5.41) is 0. The van der Waals surface area contributed by atoms with Crippen molar-refractivity contribution in [2.45, 2.75) is 19.0 Å². The first-order valence-corrected chi connectivity index (χ1v) is 9.98. The molecule has 0 spiro atoms. The molecule has 0 aliphatic carbocycles. The number of hydrogen-bond donors (Lipinski definition) is 1. The number of allylic oxidation sites excluding steroid dienone is 1. The van der Waals surface area contributed by atoms with Gasteiger partial charge in [0.15, 0.2) is 0 Å². The Kier molecular flexibility index (Phi) is 4.87. The van der Waals surface area contributed by atoms with E-state index in [9.17, 15) is 0 Å². The van der Waals surface area contributed by atoms with Crippen LogP contribution in [0.2, 0.25) is 0 Å². The van der Waals surface area contributed by atoms with Crippen molar-refractivity contribution in [1.29, 1.82) is 0 Å². The number of aliphatic imine (C=N–C) groups is 1. The fraction of sp³-hybridized carbons (Fsp3) is 0.304. The first-order valence-electron chi connectivity index (χ1n) is 9.98. The summed E-state index contributed by atoms with van der Waals surface area (Å²) in [5.74, 6) is 2.57. The van der Waals surface area contributed by atoms with Gasteiger partial charge in [-0.25, -0.2) is 4.98 Å². The summed E-state index contributed by atoms with van der Waals surface area (Å²) in [6.45, 7) is 3.18. The van der Waals surface area contributed by atoms with Crippen LogP contribution in [0.15, 0.2) is 53.5 Å². The highest BCUT2D eigenvalue weighted by Crippen LogP contribution is 2.27. The lowest BCUT2D eigenvalue weighted by Gasteiger charge is -2.21. The van der Waals surface area contributed by atoms with Crippen molar-refractivity contribution < 1.29 is 9.47 Å². The number of nitrogens with zero attached hydrogens (tertiary/aromatic N) is 3. The number of likely N-dealkylation sites (N-methyl/N-ethyl adjacent to an activating group) is 1. The maximum atomic E-state index is 6.05. The minimum atomic E-state index is 0.469. The lowest BCUT2D eigenvalue weighted by molar-refractivity contribution is 0.155. The Morgan fingerprint density at radius 2 is 2.03 bits per heavy atom. The third-order valence-corrected chi connectivity index (χ3v) is 5.53. The van der Waals surface area contributed by atoms with E-state index in [0.29, 0.717) is 6.04 Å². The molecule has 0 amide bonds. The van der Waals surface area contributed by atoms with E-state index in [1.165, 1.54) is 11.1 Å². The van der Waals surface area contributed by atoms with Crippen LogP contribution in [-0.2, 0) is 11.3 Å². The van der Waals surface area contributed by atoms with Gasteiger partial charge >= 0.3 is 0 Å². The first-order chi connectivity index (χ1) is 14.2. The highest BCUT2D eigenvalue weighted by molar-refractivity contribution is 5.89. The summed E-state index contributed by atoms with van der Waals surface area (Å²) < 4.78 is 11.5. The monoisotopic (exact) mass is 388 g/mol. The number of aromatic nitrogens is 2. The average molecular weight is 388 g/mol. The van der Waals surface area contributed by atoms with Crippen molar-refractivity contribution >= 4 is 22.8 Å². The maximum absolute atomic E-state index is 6.05. The molecule has 5 rings (SSSR count). The van der Waals surface area contributed by atoms with Crippen LogP contribution in [0.3, 0.4) is 0 Å². The van der Waals surface area contributed by atoms with Gasteiger partial charge in [-0.2, -0.15) is 0 Å². The summed E-state index contributed by atoms with van der Waals surface area (Å²) in [6.07, 6.45) is 4.99. The predicted molar refractivity (Wildman–Crippen MR) is 115 cm³/mol. The highest BCUT2D eigenvalue weighted by atomic mass is 16.5. The quantitative estimate of drug-likeness (QED) is 0.692. The molecule has 6 heteroatoms.